The molecule has 1 N–H and O–H groups in total. The molecular weight excluding hydrogens is 316 g/mol. The van der Waals surface area contributed by atoms with E-state index in [0.29, 0.717) is 23.3 Å². The summed E-state index contributed by atoms with van der Waals surface area (Å²) in [6, 6.07) is 12.7. The molecule has 0 spiro atoms. The molecule has 0 saturated carbocycles. The predicted molar refractivity (Wildman–Crippen MR) is 86.6 cm³/mol. The monoisotopic (exact) mass is 335 g/mol. The van der Waals surface area contributed by atoms with Gasteiger partial charge in [0.05, 0.1) is 13.2 Å². The number of hydrogen-bond acceptors (Lipinski definition) is 3. The van der Waals surface area contributed by atoms with Crippen molar-refractivity contribution in [3.8, 4) is 11.5 Å². The van der Waals surface area contributed by atoms with Gasteiger partial charge in [0, 0.05) is 11.1 Å². The van der Waals surface area contributed by atoms with E-state index < -0.39 is 12.7 Å². The quantitative estimate of drug-likeness (QED) is 0.826. The van der Waals surface area contributed by atoms with Gasteiger partial charge in [-0.2, -0.15) is 8.78 Å². The van der Waals surface area contributed by atoms with Crippen molar-refractivity contribution < 1.29 is 23.0 Å². The molecule has 0 heterocycles. The Balaban J connectivity index is 2.18. The van der Waals surface area contributed by atoms with Gasteiger partial charge in [-0.25, -0.2) is 0 Å². The smallest absolute Gasteiger partial charge is 0.387 e. The lowest BCUT2D eigenvalue weighted by Gasteiger charge is -2.20. The number of hydrogen-bond donors (Lipinski definition) is 1. The maximum Gasteiger partial charge on any atom is 0.387 e. The summed E-state index contributed by atoms with van der Waals surface area (Å²) in [5.74, 6) is 0.417. The third-order valence-corrected chi connectivity index (χ3v) is 3.58. The molecule has 0 saturated heterocycles. The van der Waals surface area contributed by atoms with Crippen LogP contribution in [0.1, 0.15) is 35.3 Å². The van der Waals surface area contributed by atoms with Crippen LogP contribution < -0.4 is 14.8 Å². The van der Waals surface area contributed by atoms with Crippen molar-refractivity contribution in [2.75, 3.05) is 7.11 Å². The molecule has 0 aliphatic rings. The van der Waals surface area contributed by atoms with Crippen LogP contribution in [0.5, 0.6) is 11.5 Å². The Morgan fingerprint density at radius 2 is 1.79 bits per heavy atom. The molecule has 0 fully saturated rings. The molecule has 0 bridgehead atoms. The molecule has 2 rings (SSSR count). The van der Waals surface area contributed by atoms with E-state index in [4.69, 9.17) is 4.74 Å². The second kappa shape index (κ2) is 8.29. The van der Waals surface area contributed by atoms with Gasteiger partial charge >= 0.3 is 6.61 Å². The average molecular weight is 335 g/mol. The molecule has 0 aromatic heterocycles. The summed E-state index contributed by atoms with van der Waals surface area (Å²) < 4.78 is 34.7. The second-order valence-corrected chi connectivity index (χ2v) is 5.08. The lowest BCUT2D eigenvalue weighted by molar-refractivity contribution is -0.0506. The van der Waals surface area contributed by atoms with Crippen LogP contribution >= 0.6 is 0 Å². The minimum Gasteiger partial charge on any atom is -0.497 e. The number of amides is 1. The van der Waals surface area contributed by atoms with Crippen molar-refractivity contribution in [2.45, 2.75) is 26.0 Å². The average Bonchev–Trinajstić information content (AvgIpc) is 2.59. The summed E-state index contributed by atoms with van der Waals surface area (Å²) in [7, 11) is 1.54. The molecule has 2 aromatic carbocycles. The summed E-state index contributed by atoms with van der Waals surface area (Å²) in [5, 5.41) is 2.85. The molecule has 24 heavy (non-hydrogen) atoms. The number of para-hydroxylation sites is 1. The van der Waals surface area contributed by atoms with Crippen LogP contribution in [0.2, 0.25) is 0 Å². The number of alkyl halides is 2. The van der Waals surface area contributed by atoms with Crippen molar-refractivity contribution in [1.29, 1.82) is 0 Å². The van der Waals surface area contributed by atoms with Crippen LogP contribution in [-0.4, -0.2) is 19.6 Å². The minimum absolute atomic E-state index is 0.0642. The van der Waals surface area contributed by atoms with Crippen LogP contribution in [-0.2, 0) is 0 Å². The number of halogens is 2. The van der Waals surface area contributed by atoms with E-state index in [1.807, 2.05) is 6.92 Å². The fourth-order valence-corrected chi connectivity index (χ4v) is 2.36. The van der Waals surface area contributed by atoms with E-state index >= 15 is 0 Å². The predicted octanol–water partition coefficient (Wildman–Crippen LogP) is 4.18. The van der Waals surface area contributed by atoms with Crippen LogP contribution in [0.15, 0.2) is 48.5 Å². The summed E-state index contributed by atoms with van der Waals surface area (Å²) in [5.41, 5.74) is 0.976. The lowest BCUT2D eigenvalue weighted by atomic mass is 10.0. The number of rotatable bonds is 7. The fraction of sp³-hybridized carbons (Fsp3) is 0.278. The van der Waals surface area contributed by atoms with Gasteiger partial charge in [-0.1, -0.05) is 25.1 Å². The zero-order valence-electron chi connectivity index (χ0n) is 13.5. The number of ether oxygens (including phenoxy) is 2. The van der Waals surface area contributed by atoms with E-state index in [9.17, 15) is 13.6 Å². The van der Waals surface area contributed by atoms with E-state index in [1.54, 1.807) is 49.6 Å². The van der Waals surface area contributed by atoms with Crippen molar-refractivity contribution >= 4 is 5.91 Å². The third-order valence-electron chi connectivity index (χ3n) is 3.58. The standard InChI is InChI=1S/C18H19F2NO3/c1-3-15(14-6-4-5-7-16(14)24-18(19)20)21-17(22)12-8-10-13(23-2)11-9-12/h4-11,15,18H,3H2,1-2H3,(H,21,22). The van der Waals surface area contributed by atoms with Crippen LogP contribution in [0.3, 0.4) is 0 Å². The number of benzene rings is 2. The van der Waals surface area contributed by atoms with E-state index in [1.165, 1.54) is 6.07 Å². The first kappa shape index (κ1) is 17.7. The highest BCUT2D eigenvalue weighted by molar-refractivity contribution is 5.94. The molecule has 128 valence electrons. The zero-order valence-corrected chi connectivity index (χ0v) is 13.5. The van der Waals surface area contributed by atoms with E-state index in [0.717, 1.165) is 0 Å². The van der Waals surface area contributed by atoms with Crippen molar-refractivity contribution in [3.05, 3.63) is 59.7 Å². The molecule has 1 unspecified atom stereocenters. The Kier molecular flexibility index (Phi) is 6.12. The van der Waals surface area contributed by atoms with Gasteiger partial charge in [0.25, 0.3) is 5.91 Å². The van der Waals surface area contributed by atoms with E-state index in [2.05, 4.69) is 10.1 Å². The molecular formula is C18H19F2NO3. The largest absolute Gasteiger partial charge is 0.497 e. The minimum atomic E-state index is -2.92. The maximum atomic E-state index is 12.5. The highest BCUT2D eigenvalue weighted by atomic mass is 19.3. The highest BCUT2D eigenvalue weighted by Crippen LogP contribution is 2.28. The van der Waals surface area contributed by atoms with Crippen molar-refractivity contribution in [2.24, 2.45) is 0 Å². The topological polar surface area (TPSA) is 47.6 Å². The Labute approximate surface area is 139 Å². The van der Waals surface area contributed by atoms with Gasteiger partial charge in [0.2, 0.25) is 0 Å². The van der Waals surface area contributed by atoms with Crippen molar-refractivity contribution in [3.63, 3.8) is 0 Å². The number of nitrogens with one attached hydrogen (secondary N) is 1. The van der Waals surface area contributed by atoms with Gasteiger partial charge in [0.15, 0.2) is 0 Å². The van der Waals surface area contributed by atoms with E-state index in [-0.39, 0.29) is 11.7 Å². The van der Waals surface area contributed by atoms with Crippen LogP contribution in [0, 0.1) is 0 Å². The first-order valence-electron chi connectivity index (χ1n) is 7.53. The lowest BCUT2D eigenvalue weighted by Crippen LogP contribution is -2.28. The first-order chi connectivity index (χ1) is 11.5. The SMILES string of the molecule is CCC(NC(=O)c1ccc(OC)cc1)c1ccccc1OC(F)F. The van der Waals surface area contributed by atoms with Crippen LogP contribution in [0.4, 0.5) is 8.78 Å². The first-order valence-corrected chi connectivity index (χ1v) is 7.53. The molecule has 4 nitrogen and oxygen atoms in total. The number of carbonyl (C=O) groups excluding carboxylic acids is 1. The normalized spacial score (nSPS) is 11.9. The van der Waals surface area contributed by atoms with Gasteiger partial charge in [-0.3, -0.25) is 4.79 Å². The maximum absolute atomic E-state index is 12.5. The molecule has 0 aliphatic carbocycles. The fourth-order valence-electron chi connectivity index (χ4n) is 2.36. The molecule has 0 aliphatic heterocycles. The van der Waals surface area contributed by atoms with Crippen molar-refractivity contribution in [1.82, 2.24) is 5.32 Å². The number of carbonyl (C=O) groups is 1. The van der Waals surface area contributed by atoms with Gasteiger partial charge < -0.3 is 14.8 Å². The molecule has 0 radical (unpaired) electrons. The molecule has 1 amide bonds. The Morgan fingerprint density at radius 3 is 2.38 bits per heavy atom. The third kappa shape index (κ3) is 4.44. The summed E-state index contributed by atoms with van der Waals surface area (Å²) in [6.45, 7) is -1.06. The number of methoxy groups -OCH3 is 1. The van der Waals surface area contributed by atoms with Gasteiger partial charge in [-0.15, -0.1) is 0 Å². The van der Waals surface area contributed by atoms with Crippen LogP contribution in [0.25, 0.3) is 0 Å². The summed E-state index contributed by atoms with van der Waals surface area (Å²) >= 11 is 0. The highest BCUT2D eigenvalue weighted by Gasteiger charge is 2.19. The zero-order chi connectivity index (χ0) is 17.5. The Hall–Kier alpha value is -2.63. The molecule has 2 aromatic rings. The second-order valence-electron chi connectivity index (χ2n) is 5.08. The Bertz CT molecular complexity index is 674. The van der Waals surface area contributed by atoms with Gasteiger partial charge in [0.1, 0.15) is 11.5 Å². The molecule has 1 atom stereocenters. The van der Waals surface area contributed by atoms with Gasteiger partial charge in [-0.05, 0) is 36.8 Å². The summed E-state index contributed by atoms with van der Waals surface area (Å²) in [6.07, 6.45) is 0.533. The molecule has 6 heteroatoms. The Morgan fingerprint density at radius 1 is 1.12 bits per heavy atom. The summed E-state index contributed by atoms with van der Waals surface area (Å²) in [4.78, 5) is 12.4.